The van der Waals surface area contributed by atoms with Crippen LogP contribution in [0.5, 0.6) is 5.75 Å². The van der Waals surface area contributed by atoms with Gasteiger partial charge in [0, 0.05) is 22.6 Å². The number of hydrogen-bond donors (Lipinski definition) is 0. The summed E-state index contributed by atoms with van der Waals surface area (Å²) in [6.07, 6.45) is 1.88. The Labute approximate surface area is 142 Å². The molecule has 1 aromatic carbocycles. The lowest BCUT2D eigenvalue weighted by Gasteiger charge is -2.08. The largest absolute Gasteiger partial charge is 0.484 e. The molecular formula is C15H12Cl3N3O. The second kappa shape index (κ2) is 5.95. The van der Waals surface area contributed by atoms with E-state index in [1.54, 1.807) is 12.1 Å². The fourth-order valence-electron chi connectivity index (χ4n) is 2.20. The number of hydrogen-bond acceptors (Lipinski definition) is 3. The van der Waals surface area contributed by atoms with Crippen molar-refractivity contribution in [3.05, 3.63) is 56.5 Å². The number of fused-ring (bicyclic) bond motifs is 1. The lowest BCUT2D eigenvalue weighted by atomic mass is 10.3. The normalized spacial score (nSPS) is 11.1. The van der Waals surface area contributed by atoms with Crippen molar-refractivity contribution in [1.82, 2.24) is 14.4 Å². The van der Waals surface area contributed by atoms with Gasteiger partial charge in [-0.1, -0.05) is 34.8 Å². The Kier molecular flexibility index (Phi) is 4.17. The first-order chi connectivity index (χ1) is 10.4. The van der Waals surface area contributed by atoms with E-state index in [0.717, 1.165) is 17.1 Å². The van der Waals surface area contributed by atoms with Gasteiger partial charge in [-0.3, -0.25) is 4.40 Å². The van der Waals surface area contributed by atoms with Gasteiger partial charge in [-0.2, -0.15) is 0 Å². The first-order valence-electron chi connectivity index (χ1n) is 6.53. The second-order valence-electron chi connectivity index (χ2n) is 4.93. The summed E-state index contributed by atoms with van der Waals surface area (Å²) in [5, 5.41) is 1.20. The number of benzene rings is 1. The molecule has 114 valence electrons. The Morgan fingerprint density at radius 1 is 1.05 bits per heavy atom. The number of ether oxygens (including phenoxy) is 1. The molecule has 0 unspecified atom stereocenters. The minimum Gasteiger partial charge on any atom is -0.484 e. The molecule has 0 atom stereocenters. The molecule has 0 aliphatic heterocycles. The molecular weight excluding hydrogens is 345 g/mol. The molecule has 22 heavy (non-hydrogen) atoms. The van der Waals surface area contributed by atoms with Gasteiger partial charge in [0.2, 0.25) is 5.78 Å². The molecule has 0 radical (unpaired) electrons. The minimum atomic E-state index is 0.239. The summed E-state index contributed by atoms with van der Waals surface area (Å²) in [5.41, 5.74) is 2.72. The first-order valence-corrected chi connectivity index (χ1v) is 7.67. The fraction of sp³-hybridized carbons (Fsp3) is 0.200. The Morgan fingerprint density at radius 3 is 2.41 bits per heavy atom. The third-order valence-corrected chi connectivity index (χ3v) is 3.92. The van der Waals surface area contributed by atoms with Crippen LogP contribution in [0.1, 0.15) is 17.1 Å². The van der Waals surface area contributed by atoms with Crippen molar-refractivity contribution in [2.45, 2.75) is 20.5 Å². The monoisotopic (exact) mass is 355 g/mol. The summed E-state index contributed by atoms with van der Waals surface area (Å²) < 4.78 is 7.60. The van der Waals surface area contributed by atoms with Crippen LogP contribution in [0.2, 0.25) is 15.1 Å². The molecule has 0 fully saturated rings. The molecule has 3 rings (SSSR count). The van der Waals surface area contributed by atoms with Crippen molar-refractivity contribution < 1.29 is 4.74 Å². The van der Waals surface area contributed by atoms with Crippen LogP contribution < -0.4 is 4.74 Å². The Hall–Kier alpha value is -1.49. The smallest absolute Gasteiger partial charge is 0.234 e. The molecule has 0 N–H and O–H groups in total. The van der Waals surface area contributed by atoms with Crippen molar-refractivity contribution >= 4 is 40.6 Å². The molecule has 0 saturated carbocycles. The number of nitrogens with zero attached hydrogens (tertiary/aromatic N) is 3. The van der Waals surface area contributed by atoms with Gasteiger partial charge in [0.1, 0.15) is 6.61 Å². The van der Waals surface area contributed by atoms with Gasteiger partial charge in [0.15, 0.2) is 5.75 Å². The lowest BCUT2D eigenvalue weighted by Crippen LogP contribution is -1.97. The molecule has 2 aromatic heterocycles. The third-order valence-electron chi connectivity index (χ3n) is 3.14. The first kappa shape index (κ1) is 15.4. The Balaban J connectivity index is 1.87. The quantitative estimate of drug-likeness (QED) is 0.671. The molecule has 0 aliphatic carbocycles. The number of halogens is 3. The maximum atomic E-state index is 6.09. The maximum absolute atomic E-state index is 6.09. The summed E-state index contributed by atoms with van der Waals surface area (Å²) >= 11 is 18.1. The molecule has 2 heterocycles. The Bertz CT molecular complexity index is 838. The van der Waals surface area contributed by atoms with Gasteiger partial charge in [-0.25, -0.2) is 9.97 Å². The fourth-order valence-corrected chi connectivity index (χ4v) is 3.13. The lowest BCUT2D eigenvalue weighted by molar-refractivity contribution is 0.302. The molecule has 4 nitrogen and oxygen atoms in total. The van der Waals surface area contributed by atoms with Gasteiger partial charge < -0.3 is 4.74 Å². The molecule has 0 saturated heterocycles. The average molecular weight is 357 g/mol. The van der Waals surface area contributed by atoms with E-state index in [9.17, 15) is 0 Å². The van der Waals surface area contributed by atoms with E-state index >= 15 is 0 Å². The minimum absolute atomic E-state index is 0.239. The van der Waals surface area contributed by atoms with Crippen molar-refractivity contribution in [2.24, 2.45) is 0 Å². The van der Waals surface area contributed by atoms with Gasteiger partial charge in [0.05, 0.1) is 15.7 Å². The molecule has 7 heteroatoms. The van der Waals surface area contributed by atoms with Gasteiger partial charge >= 0.3 is 0 Å². The topological polar surface area (TPSA) is 39.4 Å². The maximum Gasteiger partial charge on any atom is 0.234 e. The van der Waals surface area contributed by atoms with E-state index in [0.29, 0.717) is 26.6 Å². The molecule has 3 aromatic rings. The molecule has 0 spiro atoms. The summed E-state index contributed by atoms with van der Waals surface area (Å²) in [6, 6.07) is 5.17. The summed E-state index contributed by atoms with van der Waals surface area (Å²) in [5.74, 6) is 1.04. The SMILES string of the molecule is Cc1cc(C)n2cc(COc3c(Cl)cc(Cl)cc3Cl)nc2n1. The predicted octanol–water partition coefficient (Wildman–Crippen LogP) is 4.89. The van der Waals surface area contributed by atoms with Crippen LogP contribution in [0.15, 0.2) is 24.4 Å². The van der Waals surface area contributed by atoms with Crippen LogP contribution >= 0.6 is 34.8 Å². The second-order valence-corrected chi connectivity index (χ2v) is 6.18. The van der Waals surface area contributed by atoms with E-state index < -0.39 is 0 Å². The highest BCUT2D eigenvalue weighted by atomic mass is 35.5. The standard InChI is InChI=1S/C15H12Cl3N3O/c1-8-3-9(2)21-6-11(20-15(21)19-8)7-22-14-12(17)4-10(16)5-13(14)18/h3-6H,7H2,1-2H3. The van der Waals surface area contributed by atoms with Gasteiger partial charge in [-0.05, 0) is 32.0 Å². The summed E-state index contributed by atoms with van der Waals surface area (Å²) in [6.45, 7) is 4.18. The number of imidazole rings is 1. The Morgan fingerprint density at radius 2 is 1.73 bits per heavy atom. The van der Waals surface area contributed by atoms with Crippen LogP contribution in [0.3, 0.4) is 0 Å². The van der Waals surface area contributed by atoms with Gasteiger partial charge in [-0.15, -0.1) is 0 Å². The van der Waals surface area contributed by atoms with Crippen molar-refractivity contribution in [1.29, 1.82) is 0 Å². The van der Waals surface area contributed by atoms with Crippen LogP contribution in [0.25, 0.3) is 5.78 Å². The third kappa shape index (κ3) is 3.00. The van der Waals surface area contributed by atoms with Crippen LogP contribution in [-0.2, 0) is 6.61 Å². The average Bonchev–Trinajstić information content (AvgIpc) is 2.80. The highest BCUT2D eigenvalue weighted by molar-refractivity contribution is 6.40. The number of aromatic nitrogens is 3. The molecule has 0 amide bonds. The van der Waals surface area contributed by atoms with E-state index in [1.165, 1.54) is 0 Å². The van der Waals surface area contributed by atoms with Crippen LogP contribution in [-0.4, -0.2) is 14.4 Å². The zero-order valence-electron chi connectivity index (χ0n) is 11.9. The number of aryl methyl sites for hydroxylation is 2. The van der Waals surface area contributed by atoms with E-state index in [2.05, 4.69) is 9.97 Å². The van der Waals surface area contributed by atoms with E-state index in [-0.39, 0.29) is 6.61 Å². The molecule has 0 aliphatic rings. The van der Waals surface area contributed by atoms with E-state index in [4.69, 9.17) is 39.5 Å². The summed E-state index contributed by atoms with van der Waals surface area (Å²) in [7, 11) is 0. The van der Waals surface area contributed by atoms with Crippen molar-refractivity contribution in [3.63, 3.8) is 0 Å². The van der Waals surface area contributed by atoms with Crippen molar-refractivity contribution in [3.8, 4) is 5.75 Å². The number of rotatable bonds is 3. The zero-order chi connectivity index (χ0) is 15.9. The van der Waals surface area contributed by atoms with Crippen molar-refractivity contribution in [2.75, 3.05) is 0 Å². The highest BCUT2D eigenvalue weighted by Gasteiger charge is 2.11. The molecule has 0 bridgehead atoms. The van der Waals surface area contributed by atoms with Crippen LogP contribution in [0, 0.1) is 13.8 Å². The summed E-state index contributed by atoms with van der Waals surface area (Å²) in [4.78, 5) is 8.83. The van der Waals surface area contributed by atoms with Crippen LogP contribution in [0.4, 0.5) is 0 Å². The van der Waals surface area contributed by atoms with Gasteiger partial charge in [0.25, 0.3) is 0 Å². The highest BCUT2D eigenvalue weighted by Crippen LogP contribution is 2.36. The zero-order valence-corrected chi connectivity index (χ0v) is 14.2. The van der Waals surface area contributed by atoms with E-state index in [1.807, 2.05) is 30.5 Å². The predicted molar refractivity (Wildman–Crippen MR) is 88.3 cm³/mol.